The van der Waals surface area contributed by atoms with E-state index in [1.807, 2.05) is 6.92 Å². The number of aryl methyl sites for hydroxylation is 1. The minimum Gasteiger partial charge on any atom is -0.346 e. The highest BCUT2D eigenvalue weighted by atomic mass is 16.2. The summed E-state index contributed by atoms with van der Waals surface area (Å²) in [4.78, 5) is 16.1. The topological polar surface area (TPSA) is 96.7 Å². The van der Waals surface area contributed by atoms with Crippen molar-refractivity contribution in [1.82, 2.24) is 20.5 Å². The van der Waals surface area contributed by atoms with Crippen molar-refractivity contribution >= 4 is 5.91 Å². The molecule has 0 radical (unpaired) electrons. The van der Waals surface area contributed by atoms with Crippen molar-refractivity contribution in [2.75, 3.05) is 6.54 Å². The lowest BCUT2D eigenvalue weighted by Crippen LogP contribution is -2.45. The second kappa shape index (κ2) is 5.95. The number of nitrogens with two attached hydrogens (primary N) is 1. The van der Waals surface area contributed by atoms with Gasteiger partial charge in [-0.05, 0) is 25.3 Å². The fourth-order valence-electron chi connectivity index (χ4n) is 2.47. The highest BCUT2D eigenvalue weighted by molar-refractivity contribution is 5.90. The molecular weight excluding hydrogens is 230 g/mol. The van der Waals surface area contributed by atoms with Gasteiger partial charge in [0.2, 0.25) is 5.82 Å². The fourth-order valence-corrected chi connectivity index (χ4v) is 2.47. The van der Waals surface area contributed by atoms with E-state index in [1.165, 1.54) is 6.42 Å². The molecule has 0 bridgehead atoms. The normalized spacial score (nSPS) is 23.9. The van der Waals surface area contributed by atoms with Crippen molar-refractivity contribution in [3.8, 4) is 0 Å². The van der Waals surface area contributed by atoms with Crippen molar-refractivity contribution in [3.05, 3.63) is 11.6 Å². The molecule has 100 valence electrons. The van der Waals surface area contributed by atoms with E-state index in [-0.39, 0.29) is 17.8 Å². The first-order valence-corrected chi connectivity index (χ1v) is 6.66. The average molecular weight is 251 g/mol. The van der Waals surface area contributed by atoms with E-state index in [0.29, 0.717) is 12.5 Å². The highest BCUT2D eigenvalue weighted by Gasteiger charge is 2.26. The summed E-state index contributed by atoms with van der Waals surface area (Å²) in [5.41, 5.74) is 5.74. The Balaban J connectivity index is 1.97. The highest BCUT2D eigenvalue weighted by Crippen LogP contribution is 2.23. The minimum absolute atomic E-state index is 0.167. The molecule has 1 fully saturated rings. The van der Waals surface area contributed by atoms with Crippen LogP contribution in [0, 0.1) is 5.92 Å². The van der Waals surface area contributed by atoms with Crippen LogP contribution in [0.15, 0.2) is 0 Å². The predicted octanol–water partition coefficient (Wildman–Crippen LogP) is 0.614. The van der Waals surface area contributed by atoms with E-state index in [1.54, 1.807) is 0 Å². The summed E-state index contributed by atoms with van der Waals surface area (Å²) in [6, 6.07) is 0.167. The first-order chi connectivity index (χ1) is 8.74. The van der Waals surface area contributed by atoms with Crippen LogP contribution in [0.2, 0.25) is 0 Å². The summed E-state index contributed by atoms with van der Waals surface area (Å²) in [6.07, 6.45) is 5.19. The standard InChI is InChI=1S/C12H21N5O/c1-2-10-15-11(17-16-10)12(18)14-9-6-4-3-5-8(9)7-13/h8-9H,2-7,13H2,1H3,(H,14,18)(H,15,16,17). The molecular formula is C12H21N5O. The molecule has 18 heavy (non-hydrogen) atoms. The predicted molar refractivity (Wildman–Crippen MR) is 68.0 cm³/mol. The van der Waals surface area contributed by atoms with Gasteiger partial charge in [-0.1, -0.05) is 19.8 Å². The molecule has 4 N–H and O–H groups in total. The van der Waals surface area contributed by atoms with Gasteiger partial charge in [-0.2, -0.15) is 0 Å². The number of amides is 1. The average Bonchev–Trinajstić information content (AvgIpc) is 2.88. The van der Waals surface area contributed by atoms with Gasteiger partial charge in [0.15, 0.2) is 0 Å². The zero-order valence-electron chi connectivity index (χ0n) is 10.8. The van der Waals surface area contributed by atoms with Crippen LogP contribution >= 0.6 is 0 Å². The van der Waals surface area contributed by atoms with Gasteiger partial charge in [0, 0.05) is 12.5 Å². The Morgan fingerprint density at radius 3 is 2.94 bits per heavy atom. The van der Waals surface area contributed by atoms with Gasteiger partial charge in [-0.3, -0.25) is 9.89 Å². The van der Waals surface area contributed by atoms with Crippen molar-refractivity contribution < 1.29 is 4.79 Å². The van der Waals surface area contributed by atoms with Crippen LogP contribution in [0.5, 0.6) is 0 Å². The largest absolute Gasteiger partial charge is 0.346 e. The zero-order chi connectivity index (χ0) is 13.0. The number of hydrogen-bond donors (Lipinski definition) is 3. The molecule has 1 heterocycles. The number of hydrogen-bond acceptors (Lipinski definition) is 4. The first-order valence-electron chi connectivity index (χ1n) is 6.66. The third-order valence-corrected chi connectivity index (χ3v) is 3.60. The van der Waals surface area contributed by atoms with Crippen LogP contribution in [0.3, 0.4) is 0 Å². The number of aromatic amines is 1. The molecule has 6 nitrogen and oxygen atoms in total. The molecule has 2 unspecified atom stereocenters. The number of H-pyrrole nitrogens is 1. The Morgan fingerprint density at radius 1 is 1.50 bits per heavy atom. The number of nitrogens with one attached hydrogen (secondary N) is 2. The number of rotatable bonds is 4. The lowest BCUT2D eigenvalue weighted by atomic mass is 9.84. The number of carbonyl (C=O) groups excluding carboxylic acids is 1. The second-order valence-corrected chi connectivity index (χ2v) is 4.82. The molecule has 0 aliphatic heterocycles. The molecule has 0 saturated heterocycles. The molecule has 1 aromatic rings. The van der Waals surface area contributed by atoms with E-state index >= 15 is 0 Å². The number of carbonyl (C=O) groups is 1. The van der Waals surface area contributed by atoms with Crippen LogP contribution in [0.4, 0.5) is 0 Å². The molecule has 2 atom stereocenters. The number of aromatic nitrogens is 3. The molecule has 6 heteroatoms. The maximum atomic E-state index is 12.0. The Labute approximate surface area is 107 Å². The molecule has 0 aromatic carbocycles. The Hall–Kier alpha value is -1.43. The Kier molecular flexibility index (Phi) is 4.30. The van der Waals surface area contributed by atoms with Gasteiger partial charge in [0.1, 0.15) is 5.82 Å². The third-order valence-electron chi connectivity index (χ3n) is 3.60. The Bertz CT molecular complexity index is 403. The van der Waals surface area contributed by atoms with E-state index in [2.05, 4.69) is 20.5 Å². The molecule has 1 saturated carbocycles. The quantitative estimate of drug-likeness (QED) is 0.730. The molecule has 2 rings (SSSR count). The molecule has 1 aliphatic carbocycles. The lowest BCUT2D eigenvalue weighted by molar-refractivity contribution is 0.0898. The van der Waals surface area contributed by atoms with E-state index in [4.69, 9.17) is 5.73 Å². The third kappa shape index (κ3) is 2.87. The van der Waals surface area contributed by atoms with Gasteiger partial charge in [0.25, 0.3) is 5.91 Å². The maximum absolute atomic E-state index is 12.0. The van der Waals surface area contributed by atoms with Gasteiger partial charge in [0.05, 0.1) is 0 Å². The summed E-state index contributed by atoms with van der Waals surface area (Å²) in [7, 11) is 0. The van der Waals surface area contributed by atoms with E-state index < -0.39 is 0 Å². The van der Waals surface area contributed by atoms with Crippen LogP contribution in [0.1, 0.15) is 49.1 Å². The zero-order valence-corrected chi connectivity index (χ0v) is 10.8. The van der Waals surface area contributed by atoms with Crippen molar-refractivity contribution in [2.24, 2.45) is 11.7 Å². The van der Waals surface area contributed by atoms with E-state index in [9.17, 15) is 4.79 Å². The summed E-state index contributed by atoms with van der Waals surface area (Å²) >= 11 is 0. The maximum Gasteiger partial charge on any atom is 0.291 e. The van der Waals surface area contributed by atoms with Gasteiger partial charge in [-0.15, -0.1) is 5.10 Å². The number of nitrogens with zero attached hydrogens (tertiary/aromatic N) is 2. The lowest BCUT2D eigenvalue weighted by Gasteiger charge is -2.30. The van der Waals surface area contributed by atoms with Crippen LogP contribution in [-0.4, -0.2) is 33.7 Å². The van der Waals surface area contributed by atoms with Crippen LogP contribution in [0.25, 0.3) is 0 Å². The first kappa shape index (κ1) is 13.0. The van der Waals surface area contributed by atoms with Gasteiger partial charge in [-0.25, -0.2) is 4.98 Å². The molecule has 1 aromatic heterocycles. The van der Waals surface area contributed by atoms with Crippen molar-refractivity contribution in [1.29, 1.82) is 0 Å². The minimum atomic E-state index is -0.198. The fraction of sp³-hybridized carbons (Fsp3) is 0.750. The summed E-state index contributed by atoms with van der Waals surface area (Å²) in [6.45, 7) is 2.59. The SMILES string of the molecule is CCc1nc(C(=O)NC2CCCCC2CN)n[nH]1. The summed E-state index contributed by atoms with van der Waals surface area (Å²) in [5.74, 6) is 1.15. The smallest absolute Gasteiger partial charge is 0.291 e. The second-order valence-electron chi connectivity index (χ2n) is 4.82. The van der Waals surface area contributed by atoms with Gasteiger partial charge >= 0.3 is 0 Å². The van der Waals surface area contributed by atoms with Crippen molar-refractivity contribution in [2.45, 2.75) is 45.1 Å². The monoisotopic (exact) mass is 251 g/mol. The van der Waals surface area contributed by atoms with Crippen LogP contribution < -0.4 is 11.1 Å². The molecule has 1 aliphatic rings. The molecule has 0 spiro atoms. The summed E-state index contributed by atoms with van der Waals surface area (Å²) in [5, 5.41) is 9.69. The van der Waals surface area contributed by atoms with Crippen LogP contribution in [-0.2, 0) is 6.42 Å². The Morgan fingerprint density at radius 2 is 2.28 bits per heavy atom. The van der Waals surface area contributed by atoms with Gasteiger partial charge < -0.3 is 11.1 Å². The van der Waals surface area contributed by atoms with Crippen molar-refractivity contribution in [3.63, 3.8) is 0 Å². The van der Waals surface area contributed by atoms with E-state index in [0.717, 1.165) is 31.5 Å². The summed E-state index contributed by atoms with van der Waals surface area (Å²) < 4.78 is 0. The molecule has 1 amide bonds.